The molecule has 1 atom stereocenters. The van der Waals surface area contributed by atoms with Crippen molar-refractivity contribution in [3.05, 3.63) is 53.6 Å². The number of thiazole rings is 1. The first-order valence-corrected chi connectivity index (χ1v) is 9.70. The zero-order valence-corrected chi connectivity index (χ0v) is 15.5. The lowest BCUT2D eigenvalue weighted by molar-refractivity contribution is -0.131. The molecule has 0 aliphatic carbocycles. The van der Waals surface area contributed by atoms with E-state index < -0.39 is 0 Å². The number of hydrogen-bond acceptors (Lipinski definition) is 5. The third-order valence-corrected chi connectivity index (χ3v) is 5.73. The molecule has 0 N–H and O–H groups in total. The fraction of sp³-hybridized carbons (Fsp3) is 0.368. The van der Waals surface area contributed by atoms with Crippen molar-refractivity contribution in [2.24, 2.45) is 7.05 Å². The molecule has 2 aromatic heterocycles. The van der Waals surface area contributed by atoms with Gasteiger partial charge in [-0.1, -0.05) is 30.3 Å². The molecule has 0 radical (unpaired) electrons. The van der Waals surface area contributed by atoms with Crippen LogP contribution in [0.5, 0.6) is 0 Å². The van der Waals surface area contributed by atoms with E-state index in [1.54, 1.807) is 17.7 Å². The van der Waals surface area contributed by atoms with Crippen LogP contribution in [0.3, 0.4) is 0 Å². The van der Waals surface area contributed by atoms with Gasteiger partial charge in [0.2, 0.25) is 5.91 Å². The number of hydrogen-bond donors (Lipinski definition) is 0. The maximum atomic E-state index is 12.8. The first kappa shape index (κ1) is 16.9. The number of nitrogens with zero attached hydrogens (tertiary/aromatic N) is 5. The Morgan fingerprint density at radius 3 is 2.92 bits per heavy atom. The van der Waals surface area contributed by atoms with Crippen LogP contribution < -0.4 is 0 Å². The van der Waals surface area contributed by atoms with Gasteiger partial charge in [-0.25, -0.2) is 4.98 Å². The number of carbonyl (C=O) groups is 1. The third-order valence-electron chi connectivity index (χ3n) is 4.79. The van der Waals surface area contributed by atoms with Crippen LogP contribution >= 0.6 is 11.3 Å². The van der Waals surface area contributed by atoms with Crippen molar-refractivity contribution in [1.82, 2.24) is 24.6 Å². The maximum absolute atomic E-state index is 12.8. The second-order valence-electron chi connectivity index (χ2n) is 6.67. The number of likely N-dealkylation sites (tertiary alicyclic amines) is 1. The van der Waals surface area contributed by atoms with E-state index in [4.69, 9.17) is 0 Å². The minimum Gasteiger partial charge on any atom is -0.342 e. The molecule has 0 bridgehead atoms. The van der Waals surface area contributed by atoms with Crippen molar-refractivity contribution in [3.8, 4) is 10.6 Å². The molecule has 3 heterocycles. The number of benzene rings is 1. The second kappa shape index (κ2) is 7.37. The molecule has 1 aliphatic heterocycles. The van der Waals surface area contributed by atoms with Crippen molar-refractivity contribution in [1.29, 1.82) is 0 Å². The van der Waals surface area contributed by atoms with Crippen LogP contribution in [0, 0.1) is 0 Å². The first-order valence-electron chi connectivity index (χ1n) is 8.82. The Labute approximate surface area is 156 Å². The number of carbonyl (C=O) groups excluding carboxylic acids is 1. The molecule has 0 saturated carbocycles. The van der Waals surface area contributed by atoms with Gasteiger partial charge >= 0.3 is 0 Å². The van der Waals surface area contributed by atoms with Crippen LogP contribution in [0.15, 0.2) is 42.0 Å². The fourth-order valence-corrected chi connectivity index (χ4v) is 4.27. The van der Waals surface area contributed by atoms with Crippen LogP contribution in [-0.4, -0.2) is 43.6 Å². The van der Waals surface area contributed by atoms with Gasteiger partial charge < -0.3 is 9.47 Å². The average molecular weight is 367 g/mol. The summed E-state index contributed by atoms with van der Waals surface area (Å²) in [6.07, 6.45) is 4.12. The molecule has 1 saturated heterocycles. The summed E-state index contributed by atoms with van der Waals surface area (Å²) in [5, 5.41) is 11.1. The number of aryl methyl sites for hydroxylation is 1. The Morgan fingerprint density at radius 1 is 1.31 bits per heavy atom. The van der Waals surface area contributed by atoms with E-state index in [0.717, 1.165) is 41.5 Å². The highest BCUT2D eigenvalue weighted by molar-refractivity contribution is 7.13. The maximum Gasteiger partial charge on any atom is 0.228 e. The smallest absolute Gasteiger partial charge is 0.228 e. The molecule has 1 unspecified atom stereocenters. The molecule has 4 rings (SSSR count). The minimum absolute atomic E-state index is 0.141. The number of amides is 1. The molecule has 1 fully saturated rings. The summed E-state index contributed by atoms with van der Waals surface area (Å²) < 4.78 is 1.95. The largest absolute Gasteiger partial charge is 0.342 e. The Kier molecular flexibility index (Phi) is 4.79. The lowest BCUT2D eigenvalue weighted by atomic mass is 9.97. The molecular formula is C19H21N5OS. The van der Waals surface area contributed by atoms with Crippen LogP contribution in [0.1, 0.15) is 30.3 Å². The van der Waals surface area contributed by atoms with Crippen molar-refractivity contribution in [2.45, 2.75) is 25.2 Å². The normalized spacial score (nSPS) is 17.4. The van der Waals surface area contributed by atoms with E-state index in [1.807, 2.05) is 52.2 Å². The van der Waals surface area contributed by atoms with Gasteiger partial charge in [0.1, 0.15) is 17.2 Å². The molecule has 3 aromatic rings. The number of rotatable bonds is 4. The highest BCUT2D eigenvalue weighted by atomic mass is 32.1. The van der Waals surface area contributed by atoms with E-state index >= 15 is 0 Å². The Balaban J connectivity index is 1.42. The Bertz CT molecular complexity index is 888. The molecule has 1 amide bonds. The van der Waals surface area contributed by atoms with Crippen LogP contribution in [0.25, 0.3) is 10.6 Å². The van der Waals surface area contributed by atoms with Crippen molar-refractivity contribution < 1.29 is 4.79 Å². The van der Waals surface area contributed by atoms with E-state index in [2.05, 4.69) is 15.2 Å². The van der Waals surface area contributed by atoms with Gasteiger partial charge in [0.15, 0.2) is 0 Å². The predicted molar refractivity (Wildman–Crippen MR) is 101 cm³/mol. The van der Waals surface area contributed by atoms with Crippen molar-refractivity contribution >= 4 is 17.2 Å². The van der Waals surface area contributed by atoms with Crippen LogP contribution in [0.2, 0.25) is 0 Å². The molecular weight excluding hydrogens is 346 g/mol. The Morgan fingerprint density at radius 2 is 2.15 bits per heavy atom. The van der Waals surface area contributed by atoms with E-state index in [1.165, 1.54) is 0 Å². The standard InChI is InChI=1S/C19H21N5OS/c1-23-13-20-22-18(23)15-8-5-9-24(11-15)17(25)10-16-12-26-19(21-16)14-6-3-2-4-7-14/h2-4,6-7,12-13,15H,5,8-11H2,1H3. The topological polar surface area (TPSA) is 63.9 Å². The lowest BCUT2D eigenvalue weighted by Gasteiger charge is -2.32. The second-order valence-corrected chi connectivity index (χ2v) is 7.52. The molecule has 6 nitrogen and oxygen atoms in total. The SMILES string of the molecule is Cn1cnnc1C1CCCN(C(=O)Cc2csc(-c3ccccc3)n2)C1. The van der Waals surface area contributed by atoms with Gasteiger partial charge in [-0.3, -0.25) is 4.79 Å². The lowest BCUT2D eigenvalue weighted by Crippen LogP contribution is -2.40. The summed E-state index contributed by atoms with van der Waals surface area (Å²) in [6, 6.07) is 10.1. The van der Waals surface area contributed by atoms with Gasteiger partial charge in [-0.2, -0.15) is 0 Å². The van der Waals surface area contributed by atoms with Crippen molar-refractivity contribution in [2.75, 3.05) is 13.1 Å². The highest BCUT2D eigenvalue weighted by Gasteiger charge is 2.27. The minimum atomic E-state index is 0.141. The molecule has 1 aliphatic rings. The summed E-state index contributed by atoms with van der Waals surface area (Å²) in [5.41, 5.74) is 1.94. The fourth-order valence-electron chi connectivity index (χ4n) is 3.44. The monoisotopic (exact) mass is 367 g/mol. The van der Waals surface area contributed by atoms with Gasteiger partial charge in [-0.15, -0.1) is 21.5 Å². The Hall–Kier alpha value is -2.54. The highest BCUT2D eigenvalue weighted by Crippen LogP contribution is 2.27. The van der Waals surface area contributed by atoms with E-state index in [-0.39, 0.29) is 11.8 Å². The number of aromatic nitrogens is 4. The molecule has 1 aromatic carbocycles. The molecule has 134 valence electrons. The zero-order chi connectivity index (χ0) is 17.9. The van der Waals surface area contributed by atoms with Crippen LogP contribution in [-0.2, 0) is 18.3 Å². The molecule has 7 heteroatoms. The average Bonchev–Trinajstić information content (AvgIpc) is 3.31. The zero-order valence-electron chi connectivity index (χ0n) is 14.7. The predicted octanol–water partition coefficient (Wildman–Crippen LogP) is 2.89. The first-order chi connectivity index (χ1) is 12.7. The van der Waals surface area contributed by atoms with Gasteiger partial charge in [0, 0.05) is 37.0 Å². The quantitative estimate of drug-likeness (QED) is 0.711. The van der Waals surface area contributed by atoms with Gasteiger partial charge in [0.05, 0.1) is 12.1 Å². The summed E-state index contributed by atoms with van der Waals surface area (Å²) in [5.74, 6) is 1.36. The summed E-state index contributed by atoms with van der Waals surface area (Å²) in [6.45, 7) is 1.52. The molecule has 26 heavy (non-hydrogen) atoms. The summed E-state index contributed by atoms with van der Waals surface area (Å²) in [7, 11) is 1.95. The van der Waals surface area contributed by atoms with Gasteiger partial charge in [0.25, 0.3) is 0 Å². The molecule has 0 spiro atoms. The summed E-state index contributed by atoms with van der Waals surface area (Å²) >= 11 is 1.59. The van der Waals surface area contributed by atoms with Crippen LogP contribution in [0.4, 0.5) is 0 Å². The van der Waals surface area contributed by atoms with E-state index in [9.17, 15) is 4.79 Å². The number of piperidine rings is 1. The van der Waals surface area contributed by atoms with Gasteiger partial charge in [-0.05, 0) is 12.8 Å². The third kappa shape index (κ3) is 3.53. The summed E-state index contributed by atoms with van der Waals surface area (Å²) in [4.78, 5) is 19.4. The van der Waals surface area contributed by atoms with Crippen molar-refractivity contribution in [3.63, 3.8) is 0 Å². The van der Waals surface area contributed by atoms with E-state index in [0.29, 0.717) is 13.0 Å².